The third-order valence-electron chi connectivity index (χ3n) is 3.09. The number of rotatable bonds is 3. The molecule has 1 aliphatic rings. The molecule has 3 nitrogen and oxygen atoms in total. The molecule has 6 heteroatoms. The highest BCUT2D eigenvalue weighted by atomic mass is 35.5. The fourth-order valence-electron chi connectivity index (χ4n) is 2.21. The Morgan fingerprint density at radius 3 is 2.56 bits per heavy atom. The van der Waals surface area contributed by atoms with Crippen molar-refractivity contribution in [3.05, 3.63) is 28.8 Å². The Hall–Kier alpha value is -0.910. The van der Waals surface area contributed by atoms with E-state index in [1.807, 2.05) is 0 Å². The molecule has 1 fully saturated rings. The van der Waals surface area contributed by atoms with Crippen LogP contribution in [0.25, 0.3) is 0 Å². The first kappa shape index (κ1) is 13.5. The minimum Gasteiger partial charge on any atom is -0.508 e. The van der Waals surface area contributed by atoms with Gasteiger partial charge in [-0.25, -0.2) is 8.78 Å². The number of benzene rings is 1. The summed E-state index contributed by atoms with van der Waals surface area (Å²) in [5.41, 5.74) is 0.194. The molecule has 18 heavy (non-hydrogen) atoms. The minimum absolute atomic E-state index is 0.136. The highest BCUT2D eigenvalue weighted by Gasteiger charge is 2.32. The second-order valence-electron chi connectivity index (χ2n) is 4.27. The van der Waals surface area contributed by atoms with E-state index >= 15 is 0 Å². The van der Waals surface area contributed by atoms with Crippen LogP contribution in [0.1, 0.15) is 11.6 Å². The molecule has 0 aliphatic carbocycles. The summed E-state index contributed by atoms with van der Waals surface area (Å²) in [6.07, 6.45) is -2.56. The Kier molecular flexibility index (Phi) is 4.37. The summed E-state index contributed by atoms with van der Waals surface area (Å²) >= 11 is 5.82. The standard InChI is InChI=1S/C12H15ClF2N2O/c13-8-1-2-10(18)9(7-8)11(12(14)15)17-5-3-16-4-6-17/h1-2,7,11-12,16,18H,3-6H2/t11-/m1/s1. The average molecular weight is 277 g/mol. The van der Waals surface area contributed by atoms with Gasteiger partial charge in [0.1, 0.15) is 11.8 Å². The number of hydrogen-bond donors (Lipinski definition) is 2. The molecular weight excluding hydrogens is 262 g/mol. The normalized spacial score (nSPS) is 19.1. The second kappa shape index (κ2) is 5.82. The van der Waals surface area contributed by atoms with E-state index in [-0.39, 0.29) is 11.3 Å². The fourth-order valence-corrected chi connectivity index (χ4v) is 2.39. The van der Waals surface area contributed by atoms with Gasteiger partial charge in [0.05, 0.1) is 0 Å². The lowest BCUT2D eigenvalue weighted by Gasteiger charge is -2.34. The molecule has 0 aromatic heterocycles. The Balaban J connectivity index is 2.31. The summed E-state index contributed by atoms with van der Waals surface area (Å²) in [5.74, 6) is -0.136. The van der Waals surface area contributed by atoms with Crippen LogP contribution in [0.2, 0.25) is 5.02 Å². The van der Waals surface area contributed by atoms with Gasteiger partial charge in [0.2, 0.25) is 0 Å². The van der Waals surface area contributed by atoms with Crippen molar-refractivity contribution in [3.63, 3.8) is 0 Å². The van der Waals surface area contributed by atoms with Gasteiger partial charge in [0.25, 0.3) is 6.43 Å². The summed E-state index contributed by atoms with van der Waals surface area (Å²) in [6.45, 7) is 2.40. The molecule has 0 bridgehead atoms. The van der Waals surface area contributed by atoms with Gasteiger partial charge in [-0.05, 0) is 18.2 Å². The maximum Gasteiger partial charge on any atom is 0.258 e. The summed E-state index contributed by atoms with van der Waals surface area (Å²) in [7, 11) is 0. The summed E-state index contributed by atoms with van der Waals surface area (Å²) < 4.78 is 26.5. The van der Waals surface area contributed by atoms with Gasteiger partial charge in [-0.3, -0.25) is 4.90 Å². The molecule has 1 heterocycles. The first-order valence-corrected chi connectivity index (χ1v) is 6.18. The highest BCUT2D eigenvalue weighted by molar-refractivity contribution is 6.30. The highest BCUT2D eigenvalue weighted by Crippen LogP contribution is 2.35. The number of piperazine rings is 1. The van der Waals surface area contributed by atoms with E-state index in [4.69, 9.17) is 11.6 Å². The lowest BCUT2D eigenvalue weighted by Crippen LogP contribution is -2.46. The zero-order valence-electron chi connectivity index (χ0n) is 9.74. The molecule has 1 aromatic rings. The van der Waals surface area contributed by atoms with Crippen LogP contribution in [0.4, 0.5) is 8.78 Å². The largest absolute Gasteiger partial charge is 0.508 e. The SMILES string of the molecule is Oc1ccc(Cl)cc1[C@H](C(F)F)N1CCNCC1. The van der Waals surface area contributed by atoms with Crippen LogP contribution in [0.5, 0.6) is 5.75 Å². The first-order valence-electron chi connectivity index (χ1n) is 5.81. The van der Waals surface area contributed by atoms with Crippen molar-refractivity contribution in [1.82, 2.24) is 10.2 Å². The molecule has 1 saturated heterocycles. The Bertz CT molecular complexity index is 411. The van der Waals surface area contributed by atoms with Crippen LogP contribution in [-0.4, -0.2) is 42.6 Å². The van der Waals surface area contributed by atoms with Gasteiger partial charge in [-0.1, -0.05) is 11.6 Å². The topological polar surface area (TPSA) is 35.5 Å². The molecule has 100 valence electrons. The lowest BCUT2D eigenvalue weighted by molar-refractivity contribution is 0.0170. The van der Waals surface area contributed by atoms with Gasteiger partial charge in [-0.15, -0.1) is 0 Å². The van der Waals surface area contributed by atoms with Crippen LogP contribution in [0, 0.1) is 0 Å². The minimum atomic E-state index is -2.56. The van der Waals surface area contributed by atoms with E-state index < -0.39 is 12.5 Å². The van der Waals surface area contributed by atoms with E-state index in [0.29, 0.717) is 31.2 Å². The van der Waals surface area contributed by atoms with Crippen molar-refractivity contribution in [2.45, 2.75) is 12.5 Å². The monoisotopic (exact) mass is 276 g/mol. The molecule has 0 amide bonds. The van der Waals surface area contributed by atoms with Crippen LogP contribution in [0.15, 0.2) is 18.2 Å². The Labute approximate surface area is 109 Å². The number of phenolic OH excluding ortho intramolecular Hbond substituents is 1. The predicted octanol–water partition coefficient (Wildman–Crippen LogP) is 2.26. The van der Waals surface area contributed by atoms with E-state index in [1.54, 1.807) is 4.90 Å². The number of aromatic hydroxyl groups is 1. The van der Waals surface area contributed by atoms with Gasteiger partial charge in [0, 0.05) is 36.8 Å². The predicted molar refractivity (Wildman–Crippen MR) is 66.3 cm³/mol. The quantitative estimate of drug-likeness (QED) is 0.889. The van der Waals surface area contributed by atoms with Crippen LogP contribution < -0.4 is 5.32 Å². The maximum absolute atomic E-state index is 13.3. The number of hydrogen-bond acceptors (Lipinski definition) is 3. The van der Waals surface area contributed by atoms with E-state index in [0.717, 1.165) is 0 Å². The lowest BCUT2D eigenvalue weighted by atomic mass is 10.0. The maximum atomic E-state index is 13.3. The summed E-state index contributed by atoms with van der Waals surface area (Å²) in [4.78, 5) is 1.67. The third kappa shape index (κ3) is 2.91. The molecule has 0 radical (unpaired) electrons. The van der Waals surface area contributed by atoms with Gasteiger partial charge < -0.3 is 10.4 Å². The number of nitrogens with one attached hydrogen (secondary N) is 1. The molecule has 1 aromatic carbocycles. The molecule has 1 aliphatic heterocycles. The van der Waals surface area contributed by atoms with Gasteiger partial charge in [-0.2, -0.15) is 0 Å². The molecule has 2 rings (SSSR count). The molecule has 1 atom stereocenters. The zero-order chi connectivity index (χ0) is 13.1. The Morgan fingerprint density at radius 2 is 1.94 bits per heavy atom. The fraction of sp³-hybridized carbons (Fsp3) is 0.500. The van der Waals surface area contributed by atoms with E-state index in [2.05, 4.69) is 5.32 Å². The van der Waals surface area contributed by atoms with Crippen molar-refractivity contribution in [3.8, 4) is 5.75 Å². The zero-order valence-corrected chi connectivity index (χ0v) is 10.5. The third-order valence-corrected chi connectivity index (χ3v) is 3.33. The molecule has 2 N–H and O–H groups in total. The van der Waals surface area contributed by atoms with Gasteiger partial charge in [0.15, 0.2) is 0 Å². The van der Waals surface area contributed by atoms with Crippen molar-refractivity contribution >= 4 is 11.6 Å². The smallest absolute Gasteiger partial charge is 0.258 e. The second-order valence-corrected chi connectivity index (χ2v) is 4.70. The van der Waals surface area contributed by atoms with Crippen molar-refractivity contribution in [1.29, 1.82) is 0 Å². The number of halogens is 3. The number of alkyl halides is 2. The average Bonchev–Trinajstić information content (AvgIpc) is 2.35. The van der Waals surface area contributed by atoms with Crippen molar-refractivity contribution in [2.75, 3.05) is 26.2 Å². The summed E-state index contributed by atoms with van der Waals surface area (Å²) in [5, 5.41) is 13.2. The van der Waals surface area contributed by atoms with Crippen LogP contribution in [-0.2, 0) is 0 Å². The van der Waals surface area contributed by atoms with Crippen LogP contribution in [0.3, 0.4) is 0 Å². The first-order chi connectivity index (χ1) is 8.59. The van der Waals surface area contributed by atoms with Crippen LogP contribution >= 0.6 is 11.6 Å². The van der Waals surface area contributed by atoms with Crippen molar-refractivity contribution in [2.24, 2.45) is 0 Å². The molecule has 0 unspecified atom stereocenters. The number of nitrogens with zero attached hydrogens (tertiary/aromatic N) is 1. The number of phenols is 1. The van der Waals surface area contributed by atoms with E-state index in [1.165, 1.54) is 18.2 Å². The molecule has 0 spiro atoms. The molecule has 0 saturated carbocycles. The molecular formula is C12H15ClF2N2O. The van der Waals surface area contributed by atoms with E-state index in [9.17, 15) is 13.9 Å². The van der Waals surface area contributed by atoms with Gasteiger partial charge >= 0.3 is 0 Å². The Morgan fingerprint density at radius 1 is 1.28 bits per heavy atom. The van der Waals surface area contributed by atoms with Crippen molar-refractivity contribution < 1.29 is 13.9 Å². The summed E-state index contributed by atoms with van der Waals surface area (Å²) in [6, 6.07) is 3.15.